The van der Waals surface area contributed by atoms with Crippen LogP contribution < -0.4 is 10.6 Å². The predicted molar refractivity (Wildman–Crippen MR) is 123 cm³/mol. The molecular formula is C23H44N4O4. The van der Waals surface area contributed by atoms with Gasteiger partial charge in [-0.2, -0.15) is 0 Å². The maximum atomic E-state index is 11.6. The molecule has 3 N–H and O–H groups in total. The summed E-state index contributed by atoms with van der Waals surface area (Å²) in [6, 6.07) is 0. The number of carbonyl (C=O) groups excluding carboxylic acids is 1. The second-order valence-electron chi connectivity index (χ2n) is 9.79. The Morgan fingerprint density at radius 2 is 1.84 bits per heavy atom. The van der Waals surface area contributed by atoms with Gasteiger partial charge in [0, 0.05) is 32.8 Å². The summed E-state index contributed by atoms with van der Waals surface area (Å²) in [4.78, 5) is 18.7. The Bertz CT molecular complexity index is 562. The van der Waals surface area contributed by atoms with Gasteiger partial charge in [-0.25, -0.2) is 4.79 Å². The summed E-state index contributed by atoms with van der Waals surface area (Å²) in [5.41, 5.74) is -1.11. The van der Waals surface area contributed by atoms with Gasteiger partial charge < -0.3 is 30.1 Å². The number of aliphatic imine (C=N–C) groups is 1. The standard InChI is InChI=1S/C23H44N4O4/c1-5-24-20(26-18-23(29)12-7-6-8-13-23)27-15-10-19(11-16-27)30-17-9-14-25-21(28)31-22(2,3)4/h19,29H,5-18H2,1-4H3,(H,24,26)(H,25,28). The number of piperidine rings is 1. The molecule has 0 unspecified atom stereocenters. The number of ether oxygens (including phenoxy) is 2. The molecule has 0 aromatic heterocycles. The predicted octanol–water partition coefficient (Wildman–Crippen LogP) is 3.04. The molecule has 1 aliphatic heterocycles. The average Bonchev–Trinajstić information content (AvgIpc) is 2.71. The van der Waals surface area contributed by atoms with E-state index in [2.05, 4.69) is 22.5 Å². The second-order valence-corrected chi connectivity index (χ2v) is 9.79. The number of hydrogen-bond acceptors (Lipinski definition) is 5. The maximum Gasteiger partial charge on any atom is 0.407 e. The number of amides is 1. The minimum Gasteiger partial charge on any atom is -0.444 e. The van der Waals surface area contributed by atoms with Gasteiger partial charge in [-0.1, -0.05) is 19.3 Å². The number of rotatable bonds is 8. The number of hydrogen-bond donors (Lipinski definition) is 3. The molecule has 8 heteroatoms. The highest BCUT2D eigenvalue weighted by Gasteiger charge is 2.29. The van der Waals surface area contributed by atoms with Crippen molar-refractivity contribution in [2.24, 2.45) is 4.99 Å². The Hall–Kier alpha value is -1.54. The maximum absolute atomic E-state index is 11.6. The van der Waals surface area contributed by atoms with Crippen molar-refractivity contribution in [1.82, 2.24) is 15.5 Å². The van der Waals surface area contributed by atoms with Gasteiger partial charge in [0.05, 0.1) is 18.2 Å². The molecule has 0 spiro atoms. The molecule has 1 amide bonds. The fourth-order valence-electron chi connectivity index (χ4n) is 4.08. The van der Waals surface area contributed by atoms with Crippen LogP contribution in [0.1, 0.15) is 79.1 Å². The molecule has 1 heterocycles. The Labute approximate surface area is 188 Å². The molecule has 2 fully saturated rings. The van der Waals surface area contributed by atoms with Crippen LogP contribution in [0.5, 0.6) is 0 Å². The van der Waals surface area contributed by atoms with E-state index in [1.165, 1.54) is 6.42 Å². The van der Waals surface area contributed by atoms with Crippen LogP contribution in [0.2, 0.25) is 0 Å². The molecule has 2 aliphatic rings. The van der Waals surface area contributed by atoms with E-state index in [1.54, 1.807) is 0 Å². The van der Waals surface area contributed by atoms with Crippen LogP contribution in [0.3, 0.4) is 0 Å². The monoisotopic (exact) mass is 440 g/mol. The normalized spacial score (nSPS) is 20.4. The first kappa shape index (κ1) is 25.7. The first-order chi connectivity index (χ1) is 14.7. The summed E-state index contributed by atoms with van der Waals surface area (Å²) >= 11 is 0. The Balaban J connectivity index is 1.66. The van der Waals surface area contributed by atoms with E-state index in [9.17, 15) is 9.90 Å². The average molecular weight is 441 g/mol. The fraction of sp³-hybridized carbons (Fsp3) is 0.913. The summed E-state index contributed by atoms with van der Waals surface area (Å²) in [6.45, 7) is 11.9. The van der Waals surface area contributed by atoms with E-state index in [-0.39, 0.29) is 12.2 Å². The third-order valence-electron chi connectivity index (χ3n) is 5.73. The summed E-state index contributed by atoms with van der Waals surface area (Å²) in [5, 5.41) is 16.9. The Morgan fingerprint density at radius 3 is 2.45 bits per heavy atom. The summed E-state index contributed by atoms with van der Waals surface area (Å²) in [6.07, 6.45) is 7.65. The van der Waals surface area contributed by atoms with E-state index < -0.39 is 11.2 Å². The molecule has 1 saturated carbocycles. The Kier molecular flexibility index (Phi) is 10.4. The van der Waals surface area contributed by atoms with Crippen molar-refractivity contribution in [3.63, 3.8) is 0 Å². The van der Waals surface area contributed by atoms with E-state index in [1.807, 2.05) is 20.8 Å². The molecule has 0 bridgehead atoms. The van der Waals surface area contributed by atoms with E-state index in [0.29, 0.717) is 19.7 Å². The van der Waals surface area contributed by atoms with Gasteiger partial charge in [0.15, 0.2) is 5.96 Å². The first-order valence-electron chi connectivity index (χ1n) is 12.0. The number of carbonyl (C=O) groups is 1. The van der Waals surface area contributed by atoms with Crippen molar-refractivity contribution in [2.45, 2.75) is 96.4 Å². The van der Waals surface area contributed by atoms with Crippen molar-refractivity contribution in [2.75, 3.05) is 39.3 Å². The zero-order valence-corrected chi connectivity index (χ0v) is 20.0. The molecule has 180 valence electrons. The van der Waals surface area contributed by atoms with Crippen molar-refractivity contribution >= 4 is 12.1 Å². The molecule has 31 heavy (non-hydrogen) atoms. The molecule has 0 radical (unpaired) electrons. The van der Waals surface area contributed by atoms with Crippen LogP contribution in [0.4, 0.5) is 4.79 Å². The van der Waals surface area contributed by atoms with Gasteiger partial charge in [-0.05, 0) is 59.8 Å². The minimum absolute atomic E-state index is 0.239. The van der Waals surface area contributed by atoms with Crippen molar-refractivity contribution in [3.8, 4) is 0 Å². The SMILES string of the molecule is CCNC(=NCC1(O)CCCCC1)N1CCC(OCCCNC(=O)OC(C)(C)C)CC1. The van der Waals surface area contributed by atoms with Crippen molar-refractivity contribution in [3.05, 3.63) is 0 Å². The molecular weight excluding hydrogens is 396 g/mol. The number of nitrogens with one attached hydrogen (secondary N) is 2. The lowest BCUT2D eigenvalue weighted by atomic mass is 9.85. The topological polar surface area (TPSA) is 95.4 Å². The minimum atomic E-state index is -0.631. The molecule has 0 atom stereocenters. The largest absolute Gasteiger partial charge is 0.444 e. The number of likely N-dealkylation sites (tertiary alicyclic amines) is 1. The van der Waals surface area contributed by atoms with E-state index in [0.717, 1.165) is 70.5 Å². The number of alkyl carbamates (subject to hydrolysis) is 1. The van der Waals surface area contributed by atoms with Crippen molar-refractivity contribution < 1.29 is 19.4 Å². The highest BCUT2D eigenvalue weighted by atomic mass is 16.6. The number of aliphatic hydroxyl groups is 1. The van der Waals surface area contributed by atoms with Gasteiger partial charge in [0.1, 0.15) is 5.60 Å². The third-order valence-corrected chi connectivity index (χ3v) is 5.73. The summed E-state index contributed by atoms with van der Waals surface area (Å²) in [7, 11) is 0. The van der Waals surface area contributed by atoms with Crippen LogP contribution >= 0.6 is 0 Å². The van der Waals surface area contributed by atoms with Crippen LogP contribution in [0.15, 0.2) is 4.99 Å². The smallest absolute Gasteiger partial charge is 0.407 e. The molecule has 8 nitrogen and oxygen atoms in total. The lowest BCUT2D eigenvalue weighted by Gasteiger charge is -2.35. The van der Waals surface area contributed by atoms with Gasteiger partial charge in [-0.3, -0.25) is 4.99 Å². The first-order valence-corrected chi connectivity index (χ1v) is 12.0. The quantitative estimate of drug-likeness (QED) is 0.305. The van der Waals surface area contributed by atoms with Crippen molar-refractivity contribution in [1.29, 1.82) is 0 Å². The molecule has 0 aromatic rings. The molecule has 2 rings (SSSR count). The van der Waals surface area contributed by atoms with Crippen LogP contribution in [-0.4, -0.2) is 78.7 Å². The fourth-order valence-corrected chi connectivity index (χ4v) is 4.08. The molecule has 0 aromatic carbocycles. The number of guanidine groups is 1. The third kappa shape index (κ3) is 10.1. The highest BCUT2D eigenvalue weighted by molar-refractivity contribution is 5.80. The Morgan fingerprint density at radius 1 is 1.16 bits per heavy atom. The van der Waals surface area contributed by atoms with Gasteiger partial charge in [0.2, 0.25) is 0 Å². The van der Waals surface area contributed by atoms with E-state index in [4.69, 9.17) is 14.5 Å². The number of nitrogens with zero attached hydrogens (tertiary/aromatic N) is 2. The van der Waals surface area contributed by atoms with Crippen LogP contribution in [-0.2, 0) is 9.47 Å². The molecule has 1 saturated heterocycles. The lowest BCUT2D eigenvalue weighted by Crippen LogP contribution is -2.48. The summed E-state index contributed by atoms with van der Waals surface area (Å²) in [5.74, 6) is 0.904. The van der Waals surface area contributed by atoms with Crippen LogP contribution in [0, 0.1) is 0 Å². The van der Waals surface area contributed by atoms with Crippen LogP contribution in [0.25, 0.3) is 0 Å². The lowest BCUT2D eigenvalue weighted by molar-refractivity contribution is 0.0109. The second kappa shape index (κ2) is 12.5. The molecule has 1 aliphatic carbocycles. The van der Waals surface area contributed by atoms with Gasteiger partial charge in [0.25, 0.3) is 0 Å². The zero-order chi connectivity index (χ0) is 22.7. The van der Waals surface area contributed by atoms with E-state index >= 15 is 0 Å². The zero-order valence-electron chi connectivity index (χ0n) is 20.0. The summed E-state index contributed by atoms with van der Waals surface area (Å²) < 4.78 is 11.2. The van der Waals surface area contributed by atoms with Gasteiger partial charge in [-0.15, -0.1) is 0 Å². The van der Waals surface area contributed by atoms with Gasteiger partial charge >= 0.3 is 6.09 Å². The highest BCUT2D eigenvalue weighted by Crippen LogP contribution is 2.28.